The summed E-state index contributed by atoms with van der Waals surface area (Å²) in [6.45, 7) is 0. The van der Waals surface area contributed by atoms with Crippen molar-refractivity contribution in [3.05, 3.63) is 53.0 Å². The molecule has 1 heterocycles. The van der Waals surface area contributed by atoms with Gasteiger partial charge in [0.15, 0.2) is 0 Å². The van der Waals surface area contributed by atoms with Crippen molar-refractivity contribution in [2.24, 2.45) is 0 Å². The second kappa shape index (κ2) is 5.17. The van der Waals surface area contributed by atoms with Crippen LogP contribution < -0.4 is 4.74 Å². The Bertz CT molecular complexity index is 615. The van der Waals surface area contributed by atoms with E-state index in [2.05, 4.69) is 11.1 Å². The van der Waals surface area contributed by atoms with E-state index < -0.39 is 5.82 Å². The number of rotatable bonds is 3. The molecule has 0 spiro atoms. The molecule has 0 aliphatic heterocycles. The highest BCUT2D eigenvalue weighted by atomic mass is 35.5. The van der Waals surface area contributed by atoms with Crippen LogP contribution >= 0.6 is 11.6 Å². The molecule has 1 aromatic carbocycles. The van der Waals surface area contributed by atoms with Gasteiger partial charge in [-0.15, -0.1) is 11.6 Å². The Kier molecular flexibility index (Phi) is 3.38. The molecule has 0 fully saturated rings. The second-order valence-electron chi connectivity index (χ2n) is 4.64. The summed E-state index contributed by atoms with van der Waals surface area (Å²) in [6.07, 6.45) is 4.56. The molecule has 0 atom stereocenters. The molecular weight excluding hydrogens is 265 g/mol. The largest absolute Gasteiger partial charge is 0.439 e. The third kappa shape index (κ3) is 2.56. The van der Waals surface area contributed by atoms with Crippen molar-refractivity contribution in [3.8, 4) is 11.6 Å². The predicted molar refractivity (Wildman–Crippen MR) is 72.3 cm³/mol. The van der Waals surface area contributed by atoms with Crippen molar-refractivity contribution in [3.63, 3.8) is 0 Å². The molecule has 2 aromatic rings. The summed E-state index contributed by atoms with van der Waals surface area (Å²) in [7, 11) is 0. The second-order valence-corrected chi connectivity index (χ2v) is 4.90. The monoisotopic (exact) mass is 277 g/mol. The van der Waals surface area contributed by atoms with Gasteiger partial charge in [-0.1, -0.05) is 6.07 Å². The Morgan fingerprint density at radius 1 is 1.21 bits per heavy atom. The van der Waals surface area contributed by atoms with Crippen molar-refractivity contribution in [1.82, 2.24) is 4.98 Å². The van der Waals surface area contributed by atoms with Crippen molar-refractivity contribution in [2.45, 2.75) is 25.1 Å². The lowest BCUT2D eigenvalue weighted by atomic mass is 10.1. The van der Waals surface area contributed by atoms with Gasteiger partial charge in [0.2, 0.25) is 5.88 Å². The zero-order valence-electron chi connectivity index (χ0n) is 10.3. The Morgan fingerprint density at radius 2 is 2.05 bits per heavy atom. The zero-order chi connectivity index (χ0) is 13.2. The maximum atomic E-state index is 13.1. The van der Waals surface area contributed by atoms with E-state index in [9.17, 15) is 4.39 Å². The van der Waals surface area contributed by atoms with Crippen molar-refractivity contribution < 1.29 is 9.13 Å². The molecular formula is C15H13ClFNO. The van der Waals surface area contributed by atoms with Gasteiger partial charge in [0.05, 0.1) is 12.1 Å². The molecule has 0 radical (unpaired) electrons. The average molecular weight is 278 g/mol. The Hall–Kier alpha value is -1.61. The van der Waals surface area contributed by atoms with Crippen LogP contribution in [0.25, 0.3) is 0 Å². The fourth-order valence-electron chi connectivity index (χ4n) is 2.38. The van der Waals surface area contributed by atoms with Crippen LogP contribution in [0.1, 0.15) is 23.1 Å². The summed E-state index contributed by atoms with van der Waals surface area (Å²) in [6, 6.07) is 7.39. The van der Waals surface area contributed by atoms with E-state index in [0.29, 0.717) is 11.4 Å². The van der Waals surface area contributed by atoms with Gasteiger partial charge >= 0.3 is 0 Å². The number of pyridine rings is 1. The molecule has 1 aliphatic carbocycles. The molecule has 0 N–H and O–H groups in total. The van der Waals surface area contributed by atoms with Crippen LogP contribution in [-0.2, 0) is 18.7 Å². The van der Waals surface area contributed by atoms with Crippen molar-refractivity contribution in [2.75, 3.05) is 0 Å². The lowest BCUT2D eigenvalue weighted by Crippen LogP contribution is -1.95. The summed E-state index contributed by atoms with van der Waals surface area (Å²) < 4.78 is 18.8. The minimum absolute atomic E-state index is 0.172. The highest BCUT2D eigenvalue weighted by molar-refractivity contribution is 6.17. The molecule has 0 amide bonds. The minimum atomic E-state index is -0.406. The normalized spacial score (nSPS) is 13.4. The van der Waals surface area contributed by atoms with Gasteiger partial charge in [-0.3, -0.25) is 0 Å². The molecule has 98 valence electrons. The zero-order valence-corrected chi connectivity index (χ0v) is 11.1. The van der Waals surface area contributed by atoms with E-state index in [-0.39, 0.29) is 5.88 Å². The number of fused-ring (bicyclic) bond motifs is 1. The highest BCUT2D eigenvalue weighted by Gasteiger charge is 2.13. The summed E-state index contributed by atoms with van der Waals surface area (Å²) in [5.41, 5.74) is 3.27. The Labute approximate surface area is 116 Å². The van der Waals surface area contributed by atoms with Gasteiger partial charge in [-0.2, -0.15) is 0 Å². The van der Waals surface area contributed by atoms with Gasteiger partial charge in [-0.05, 0) is 48.6 Å². The highest BCUT2D eigenvalue weighted by Crippen LogP contribution is 2.30. The first-order valence-electron chi connectivity index (χ1n) is 6.26. The summed E-state index contributed by atoms with van der Waals surface area (Å²) in [4.78, 5) is 3.96. The maximum Gasteiger partial charge on any atom is 0.223 e. The quantitative estimate of drug-likeness (QED) is 0.783. The predicted octanol–water partition coefficient (Wildman–Crippen LogP) is 4.24. The molecule has 2 nitrogen and oxygen atoms in total. The fraction of sp³-hybridized carbons (Fsp3) is 0.267. The molecule has 0 unspecified atom stereocenters. The smallest absolute Gasteiger partial charge is 0.223 e. The molecule has 19 heavy (non-hydrogen) atoms. The number of aromatic nitrogens is 1. The van der Waals surface area contributed by atoms with Crippen LogP contribution in [-0.4, -0.2) is 4.98 Å². The van der Waals surface area contributed by atoms with Gasteiger partial charge in [0.25, 0.3) is 0 Å². The number of ether oxygens (including phenoxy) is 1. The van der Waals surface area contributed by atoms with Crippen LogP contribution in [0.3, 0.4) is 0 Å². The summed E-state index contributed by atoms with van der Waals surface area (Å²) in [5, 5.41) is 0. The fourth-order valence-corrected chi connectivity index (χ4v) is 2.57. The van der Waals surface area contributed by atoms with Gasteiger partial charge in [0.1, 0.15) is 11.6 Å². The summed E-state index contributed by atoms with van der Waals surface area (Å²) in [5.74, 6) is 0.864. The lowest BCUT2D eigenvalue weighted by molar-refractivity contribution is 0.454. The number of halogens is 2. The van der Waals surface area contributed by atoms with Gasteiger partial charge in [-0.25, -0.2) is 9.37 Å². The SMILES string of the molecule is Fc1cnc(Oc2ccc3c(c2)CCC3)c(CCl)c1. The standard InChI is InChI=1S/C15H13ClFNO/c16-8-12-6-13(17)9-18-15(12)19-14-5-4-10-2-1-3-11(10)7-14/h4-7,9H,1-3,8H2. The third-order valence-electron chi connectivity index (χ3n) is 3.32. The number of aryl methyl sites for hydroxylation is 2. The van der Waals surface area contributed by atoms with Gasteiger partial charge < -0.3 is 4.74 Å². The first-order chi connectivity index (χ1) is 9.26. The van der Waals surface area contributed by atoms with E-state index in [0.717, 1.165) is 24.8 Å². The first kappa shape index (κ1) is 12.4. The Balaban J connectivity index is 1.89. The number of nitrogens with zero attached hydrogens (tertiary/aromatic N) is 1. The van der Waals surface area contributed by atoms with E-state index in [1.54, 1.807) is 0 Å². The van der Waals surface area contributed by atoms with Gasteiger partial charge in [0, 0.05) is 5.56 Å². The average Bonchev–Trinajstić information content (AvgIpc) is 2.88. The molecule has 1 aliphatic rings. The van der Waals surface area contributed by atoms with Crippen LogP contribution in [0.4, 0.5) is 4.39 Å². The summed E-state index contributed by atoms with van der Waals surface area (Å²) >= 11 is 5.78. The van der Waals surface area contributed by atoms with Crippen LogP contribution in [0, 0.1) is 5.82 Å². The molecule has 0 saturated heterocycles. The van der Waals surface area contributed by atoms with E-state index in [1.165, 1.54) is 23.6 Å². The first-order valence-corrected chi connectivity index (χ1v) is 6.80. The topological polar surface area (TPSA) is 22.1 Å². The minimum Gasteiger partial charge on any atom is -0.439 e. The molecule has 0 bridgehead atoms. The van der Waals surface area contributed by atoms with Crippen LogP contribution in [0.5, 0.6) is 11.6 Å². The Morgan fingerprint density at radius 3 is 2.89 bits per heavy atom. The molecule has 3 rings (SSSR count). The molecule has 1 aromatic heterocycles. The van der Waals surface area contributed by atoms with Crippen LogP contribution in [0.15, 0.2) is 30.5 Å². The van der Waals surface area contributed by atoms with Crippen molar-refractivity contribution >= 4 is 11.6 Å². The molecule has 0 saturated carbocycles. The van der Waals surface area contributed by atoms with E-state index in [4.69, 9.17) is 16.3 Å². The van der Waals surface area contributed by atoms with E-state index >= 15 is 0 Å². The number of hydrogen-bond donors (Lipinski definition) is 0. The van der Waals surface area contributed by atoms with Crippen LogP contribution in [0.2, 0.25) is 0 Å². The third-order valence-corrected chi connectivity index (χ3v) is 3.61. The maximum absolute atomic E-state index is 13.1. The molecule has 4 heteroatoms. The number of benzene rings is 1. The number of alkyl halides is 1. The van der Waals surface area contributed by atoms with Crippen molar-refractivity contribution in [1.29, 1.82) is 0 Å². The lowest BCUT2D eigenvalue weighted by Gasteiger charge is -2.09. The van der Waals surface area contributed by atoms with E-state index in [1.807, 2.05) is 12.1 Å². The number of hydrogen-bond acceptors (Lipinski definition) is 2.